The van der Waals surface area contributed by atoms with Crippen LogP contribution in [0.1, 0.15) is 31.1 Å². The Morgan fingerprint density at radius 2 is 2.26 bits per heavy atom. The number of halogens is 1. The Bertz CT molecular complexity index is 512. The number of sulfone groups is 1. The fraction of sp³-hybridized carbons (Fsp3) is 0.692. The molecule has 19 heavy (non-hydrogen) atoms. The molecule has 0 N–H and O–H groups in total. The zero-order valence-corrected chi connectivity index (χ0v) is 14.4. The summed E-state index contributed by atoms with van der Waals surface area (Å²) in [5, 5.41) is 0. The van der Waals surface area contributed by atoms with Gasteiger partial charge in [0.15, 0.2) is 9.84 Å². The van der Waals surface area contributed by atoms with Crippen molar-refractivity contribution in [3.63, 3.8) is 0 Å². The molecular weight excluding hydrogens is 346 g/mol. The van der Waals surface area contributed by atoms with Gasteiger partial charge in [0.25, 0.3) is 0 Å². The lowest BCUT2D eigenvalue weighted by Gasteiger charge is -2.27. The summed E-state index contributed by atoms with van der Waals surface area (Å²) in [5.74, 6) is 0.692. The van der Waals surface area contributed by atoms with Crippen LogP contribution in [0.5, 0.6) is 0 Å². The molecule has 108 valence electrons. The second-order valence-corrected chi connectivity index (χ2v) is 9.86. The molecule has 1 unspecified atom stereocenters. The van der Waals surface area contributed by atoms with E-state index in [2.05, 4.69) is 39.9 Å². The molecule has 3 nitrogen and oxygen atoms in total. The molecule has 0 radical (unpaired) electrons. The van der Waals surface area contributed by atoms with E-state index in [1.807, 2.05) is 0 Å². The Morgan fingerprint density at radius 3 is 2.79 bits per heavy atom. The molecule has 1 aromatic heterocycles. The van der Waals surface area contributed by atoms with Gasteiger partial charge in [-0.25, -0.2) is 8.42 Å². The van der Waals surface area contributed by atoms with Gasteiger partial charge >= 0.3 is 0 Å². The van der Waals surface area contributed by atoms with Crippen molar-refractivity contribution in [3.05, 3.63) is 20.8 Å². The maximum absolute atomic E-state index is 11.6. The molecule has 6 heteroatoms. The molecule has 1 fully saturated rings. The molecule has 2 rings (SSSR count). The van der Waals surface area contributed by atoms with Gasteiger partial charge in [-0.05, 0) is 47.4 Å². The fourth-order valence-corrected chi connectivity index (χ4v) is 5.72. The Morgan fingerprint density at radius 1 is 1.47 bits per heavy atom. The van der Waals surface area contributed by atoms with Crippen LogP contribution in [0.25, 0.3) is 0 Å². The van der Waals surface area contributed by atoms with Gasteiger partial charge in [0, 0.05) is 17.5 Å². The van der Waals surface area contributed by atoms with Gasteiger partial charge in [-0.3, -0.25) is 4.90 Å². The quantitative estimate of drug-likeness (QED) is 0.775. The van der Waals surface area contributed by atoms with Crippen LogP contribution in [0, 0.1) is 0 Å². The highest BCUT2D eigenvalue weighted by atomic mass is 79.9. The van der Waals surface area contributed by atoms with E-state index in [-0.39, 0.29) is 6.04 Å². The molecule has 0 amide bonds. The maximum Gasteiger partial charge on any atom is 0.151 e. The summed E-state index contributed by atoms with van der Waals surface area (Å²) < 4.78 is 24.4. The van der Waals surface area contributed by atoms with Crippen molar-refractivity contribution in [3.8, 4) is 0 Å². The molecule has 0 aliphatic carbocycles. The van der Waals surface area contributed by atoms with Gasteiger partial charge in [-0.2, -0.15) is 0 Å². The average molecular weight is 366 g/mol. The van der Waals surface area contributed by atoms with E-state index in [0.717, 1.165) is 36.1 Å². The largest absolute Gasteiger partial charge is 0.294 e. The zero-order valence-electron chi connectivity index (χ0n) is 11.1. The van der Waals surface area contributed by atoms with Crippen LogP contribution in [0.15, 0.2) is 15.9 Å². The van der Waals surface area contributed by atoms with E-state index in [4.69, 9.17) is 0 Å². The third-order valence-corrected chi connectivity index (χ3v) is 6.87. The molecule has 1 atom stereocenters. The normalized spacial score (nSPS) is 22.2. The molecule has 1 saturated heterocycles. The monoisotopic (exact) mass is 365 g/mol. The summed E-state index contributed by atoms with van der Waals surface area (Å²) in [7, 11) is -2.80. The Balaban J connectivity index is 2.03. The minimum absolute atomic E-state index is 0.206. The number of thiophene rings is 1. The molecule has 0 aromatic carbocycles. The highest BCUT2D eigenvalue weighted by Crippen LogP contribution is 2.26. The minimum Gasteiger partial charge on any atom is -0.294 e. The van der Waals surface area contributed by atoms with Gasteiger partial charge in [-0.15, -0.1) is 11.3 Å². The molecular formula is C13H20BrNO2S2. The van der Waals surface area contributed by atoms with Gasteiger partial charge in [0.2, 0.25) is 0 Å². The van der Waals surface area contributed by atoms with Crippen molar-refractivity contribution in [2.24, 2.45) is 0 Å². The van der Waals surface area contributed by atoms with Gasteiger partial charge < -0.3 is 0 Å². The Labute approximate surface area is 128 Å². The van der Waals surface area contributed by atoms with Crippen molar-refractivity contribution >= 4 is 37.1 Å². The van der Waals surface area contributed by atoms with Crippen molar-refractivity contribution in [2.75, 3.05) is 18.1 Å². The number of unbranched alkanes of at least 4 members (excludes halogenated alkanes) is 1. The van der Waals surface area contributed by atoms with E-state index in [0.29, 0.717) is 11.5 Å². The van der Waals surface area contributed by atoms with Crippen LogP contribution in [0.3, 0.4) is 0 Å². The van der Waals surface area contributed by atoms with Crippen LogP contribution in [-0.4, -0.2) is 37.4 Å². The first-order valence-electron chi connectivity index (χ1n) is 6.69. The van der Waals surface area contributed by atoms with Gasteiger partial charge in [-0.1, -0.05) is 13.3 Å². The highest BCUT2D eigenvalue weighted by Gasteiger charge is 2.32. The smallest absolute Gasteiger partial charge is 0.151 e. The fourth-order valence-electron chi connectivity index (χ4n) is 2.45. The maximum atomic E-state index is 11.6. The van der Waals surface area contributed by atoms with Gasteiger partial charge in [0.1, 0.15) is 0 Å². The summed E-state index contributed by atoms with van der Waals surface area (Å²) in [5.41, 5.74) is 0. The van der Waals surface area contributed by atoms with Crippen LogP contribution in [0.4, 0.5) is 0 Å². The third-order valence-electron chi connectivity index (χ3n) is 3.51. The summed E-state index contributed by atoms with van der Waals surface area (Å²) in [6, 6.07) is 4.39. The first-order chi connectivity index (χ1) is 9.00. The first-order valence-corrected chi connectivity index (χ1v) is 10.1. The number of hydrogen-bond acceptors (Lipinski definition) is 4. The predicted molar refractivity (Wildman–Crippen MR) is 84.4 cm³/mol. The SMILES string of the molecule is CCCCN(Cc1ccc(Br)s1)C1CCS(=O)(=O)C1. The van der Waals surface area contributed by atoms with Crippen molar-refractivity contribution in [1.29, 1.82) is 0 Å². The topological polar surface area (TPSA) is 37.4 Å². The second kappa shape index (κ2) is 6.70. The molecule has 1 aromatic rings. The minimum atomic E-state index is -2.80. The van der Waals surface area contributed by atoms with Crippen molar-refractivity contribution in [1.82, 2.24) is 4.90 Å². The van der Waals surface area contributed by atoms with E-state index in [1.54, 1.807) is 11.3 Å². The highest BCUT2D eigenvalue weighted by molar-refractivity contribution is 9.11. The first kappa shape index (κ1) is 15.5. The second-order valence-electron chi connectivity index (χ2n) is 5.09. The molecule has 0 spiro atoms. The molecule has 1 aliphatic rings. The van der Waals surface area contributed by atoms with Crippen LogP contribution >= 0.6 is 27.3 Å². The lowest BCUT2D eigenvalue weighted by molar-refractivity contribution is 0.202. The third kappa shape index (κ3) is 4.55. The van der Waals surface area contributed by atoms with Gasteiger partial charge in [0.05, 0.1) is 15.3 Å². The zero-order chi connectivity index (χ0) is 13.9. The number of rotatable bonds is 6. The number of hydrogen-bond donors (Lipinski definition) is 0. The molecule has 1 aliphatic heterocycles. The Kier molecular flexibility index (Phi) is 5.45. The van der Waals surface area contributed by atoms with E-state index in [9.17, 15) is 8.42 Å². The average Bonchev–Trinajstić information content (AvgIpc) is 2.90. The van der Waals surface area contributed by atoms with E-state index < -0.39 is 9.84 Å². The van der Waals surface area contributed by atoms with Crippen molar-refractivity contribution < 1.29 is 8.42 Å². The van der Waals surface area contributed by atoms with Crippen LogP contribution in [0.2, 0.25) is 0 Å². The lowest BCUT2D eigenvalue weighted by atomic mass is 10.2. The van der Waals surface area contributed by atoms with E-state index in [1.165, 1.54) is 4.88 Å². The van der Waals surface area contributed by atoms with Crippen LogP contribution in [-0.2, 0) is 16.4 Å². The molecule has 0 saturated carbocycles. The lowest BCUT2D eigenvalue weighted by Crippen LogP contribution is -2.36. The summed E-state index contributed by atoms with van der Waals surface area (Å²) in [6.07, 6.45) is 3.06. The predicted octanol–water partition coefficient (Wildman–Crippen LogP) is 3.30. The standard InChI is InChI=1S/C13H20BrNO2S2/c1-2-3-7-15(9-12-4-5-13(14)18-12)11-6-8-19(16,17)10-11/h4-5,11H,2-3,6-10H2,1H3. The van der Waals surface area contributed by atoms with Crippen molar-refractivity contribution in [2.45, 2.75) is 38.8 Å². The molecule has 0 bridgehead atoms. The van der Waals surface area contributed by atoms with E-state index >= 15 is 0 Å². The molecule has 2 heterocycles. The summed E-state index contributed by atoms with van der Waals surface area (Å²) in [6.45, 7) is 4.04. The summed E-state index contributed by atoms with van der Waals surface area (Å²) in [4.78, 5) is 3.65. The Hall–Kier alpha value is 0.0900. The number of nitrogens with zero attached hydrogens (tertiary/aromatic N) is 1. The van der Waals surface area contributed by atoms with Crippen LogP contribution < -0.4 is 0 Å². The summed E-state index contributed by atoms with van der Waals surface area (Å²) >= 11 is 5.21.